The van der Waals surface area contributed by atoms with Crippen molar-refractivity contribution in [2.75, 3.05) is 27.7 Å². The topological polar surface area (TPSA) is 56.7 Å². The summed E-state index contributed by atoms with van der Waals surface area (Å²) < 4.78 is 13.2. The van der Waals surface area contributed by atoms with Gasteiger partial charge in [0, 0.05) is 39.8 Å². The maximum atomic E-state index is 13.2. The second kappa shape index (κ2) is 9.71. The summed E-state index contributed by atoms with van der Waals surface area (Å²) in [6.07, 6.45) is 0.786. The van der Waals surface area contributed by atoms with Gasteiger partial charge in [-0.1, -0.05) is 18.2 Å². The largest absolute Gasteiger partial charge is 0.356 e. The number of guanidine groups is 1. The molecule has 0 bridgehead atoms. The van der Waals surface area contributed by atoms with Gasteiger partial charge in [0.15, 0.2) is 5.96 Å². The van der Waals surface area contributed by atoms with E-state index in [9.17, 15) is 9.18 Å². The zero-order valence-electron chi connectivity index (χ0n) is 16.3. The van der Waals surface area contributed by atoms with Gasteiger partial charge in [0.1, 0.15) is 5.82 Å². The lowest BCUT2D eigenvalue weighted by Crippen LogP contribution is -2.37. The van der Waals surface area contributed by atoms with Crippen LogP contribution in [-0.2, 0) is 13.0 Å². The van der Waals surface area contributed by atoms with Crippen LogP contribution in [0.25, 0.3) is 0 Å². The zero-order valence-corrected chi connectivity index (χ0v) is 16.3. The minimum atomic E-state index is -0.208. The molecule has 0 unspecified atom stereocenters. The van der Waals surface area contributed by atoms with E-state index in [0.29, 0.717) is 24.6 Å². The summed E-state index contributed by atoms with van der Waals surface area (Å²) in [7, 11) is 5.19. The molecule has 0 aromatic heterocycles. The van der Waals surface area contributed by atoms with Crippen LogP contribution in [-0.4, -0.2) is 44.5 Å². The molecular formula is C21H27FN4O. The highest BCUT2D eigenvalue weighted by molar-refractivity contribution is 5.93. The van der Waals surface area contributed by atoms with Crippen LogP contribution in [0.2, 0.25) is 0 Å². The Labute approximate surface area is 160 Å². The molecule has 2 N–H and O–H groups in total. The van der Waals surface area contributed by atoms with Crippen molar-refractivity contribution < 1.29 is 9.18 Å². The van der Waals surface area contributed by atoms with E-state index in [1.165, 1.54) is 6.07 Å². The Kier molecular flexibility index (Phi) is 7.34. The predicted molar refractivity (Wildman–Crippen MR) is 108 cm³/mol. The molecule has 0 saturated carbocycles. The van der Waals surface area contributed by atoms with Crippen molar-refractivity contribution in [2.24, 2.45) is 4.99 Å². The normalized spacial score (nSPS) is 11.2. The molecule has 5 nitrogen and oxygen atoms in total. The lowest BCUT2D eigenvalue weighted by atomic mass is 10.1. The highest BCUT2D eigenvalue weighted by atomic mass is 19.1. The van der Waals surface area contributed by atoms with Gasteiger partial charge >= 0.3 is 0 Å². The number of aliphatic imine (C=N–C) groups is 1. The number of halogens is 1. The minimum absolute atomic E-state index is 0.0110. The number of hydrogen-bond donors (Lipinski definition) is 2. The molecule has 2 aromatic carbocycles. The smallest absolute Gasteiger partial charge is 0.253 e. The Morgan fingerprint density at radius 3 is 2.41 bits per heavy atom. The number of hydrogen-bond acceptors (Lipinski definition) is 2. The van der Waals surface area contributed by atoms with Crippen LogP contribution in [0.4, 0.5) is 4.39 Å². The van der Waals surface area contributed by atoms with E-state index in [1.54, 1.807) is 32.1 Å². The molecule has 1 amide bonds. The van der Waals surface area contributed by atoms with E-state index in [0.717, 1.165) is 23.1 Å². The van der Waals surface area contributed by atoms with Gasteiger partial charge in [0.25, 0.3) is 5.91 Å². The van der Waals surface area contributed by atoms with E-state index in [1.807, 2.05) is 37.3 Å². The minimum Gasteiger partial charge on any atom is -0.356 e. The van der Waals surface area contributed by atoms with Crippen molar-refractivity contribution in [1.82, 2.24) is 15.5 Å². The molecule has 2 aromatic rings. The molecule has 2 rings (SSSR count). The number of aryl methyl sites for hydroxylation is 1. The number of benzene rings is 2. The molecule has 0 aliphatic heterocycles. The quantitative estimate of drug-likeness (QED) is 0.607. The molecule has 0 atom stereocenters. The first kappa shape index (κ1) is 20.4. The fourth-order valence-electron chi connectivity index (χ4n) is 2.69. The Bertz CT molecular complexity index is 800. The van der Waals surface area contributed by atoms with E-state index in [4.69, 9.17) is 0 Å². The molecule has 6 heteroatoms. The summed E-state index contributed by atoms with van der Waals surface area (Å²) in [5, 5.41) is 6.51. The number of carbonyl (C=O) groups excluding carboxylic acids is 1. The Morgan fingerprint density at radius 2 is 1.81 bits per heavy atom. The van der Waals surface area contributed by atoms with Crippen LogP contribution in [0.5, 0.6) is 0 Å². The van der Waals surface area contributed by atoms with Crippen LogP contribution < -0.4 is 10.6 Å². The molecule has 0 spiro atoms. The third-order valence-electron chi connectivity index (χ3n) is 4.28. The molecular weight excluding hydrogens is 343 g/mol. The zero-order chi connectivity index (χ0) is 19.8. The molecule has 27 heavy (non-hydrogen) atoms. The first-order chi connectivity index (χ1) is 12.9. The monoisotopic (exact) mass is 370 g/mol. The molecule has 0 aliphatic rings. The second-order valence-corrected chi connectivity index (χ2v) is 6.57. The van der Waals surface area contributed by atoms with E-state index in [2.05, 4.69) is 15.6 Å². The van der Waals surface area contributed by atoms with Crippen LogP contribution in [0.15, 0.2) is 47.5 Å². The van der Waals surface area contributed by atoms with Crippen LogP contribution >= 0.6 is 0 Å². The van der Waals surface area contributed by atoms with Crippen molar-refractivity contribution in [3.8, 4) is 0 Å². The molecule has 0 saturated heterocycles. The number of nitrogens with zero attached hydrogens (tertiary/aromatic N) is 2. The molecule has 0 aliphatic carbocycles. The van der Waals surface area contributed by atoms with E-state index >= 15 is 0 Å². The first-order valence-electron chi connectivity index (χ1n) is 8.91. The Balaban J connectivity index is 1.82. The lowest BCUT2D eigenvalue weighted by molar-refractivity contribution is 0.0827. The Morgan fingerprint density at radius 1 is 1.11 bits per heavy atom. The SMILES string of the molecule is CN=C(NCCc1ccc(F)cc1C)NCc1ccc(C(=O)N(C)C)cc1. The highest BCUT2D eigenvalue weighted by Crippen LogP contribution is 2.10. The third kappa shape index (κ3) is 6.09. The van der Waals surface area contributed by atoms with Crippen LogP contribution in [0, 0.1) is 12.7 Å². The van der Waals surface area contributed by atoms with E-state index < -0.39 is 0 Å². The number of rotatable bonds is 6. The molecule has 0 radical (unpaired) electrons. The number of nitrogens with one attached hydrogen (secondary N) is 2. The van der Waals surface area contributed by atoms with Gasteiger partial charge in [-0.2, -0.15) is 0 Å². The maximum Gasteiger partial charge on any atom is 0.253 e. The summed E-state index contributed by atoms with van der Waals surface area (Å²) in [4.78, 5) is 17.7. The second-order valence-electron chi connectivity index (χ2n) is 6.57. The van der Waals surface area contributed by atoms with Crippen LogP contribution in [0.1, 0.15) is 27.0 Å². The Hall–Kier alpha value is -2.89. The first-order valence-corrected chi connectivity index (χ1v) is 8.91. The average Bonchev–Trinajstić information content (AvgIpc) is 2.65. The summed E-state index contributed by atoms with van der Waals surface area (Å²) in [6.45, 7) is 3.21. The van der Waals surface area contributed by atoms with Crippen molar-refractivity contribution in [3.05, 3.63) is 70.5 Å². The summed E-state index contributed by atoms with van der Waals surface area (Å²) in [6, 6.07) is 12.4. The van der Waals surface area contributed by atoms with E-state index in [-0.39, 0.29) is 11.7 Å². The summed E-state index contributed by atoms with van der Waals surface area (Å²) in [5.41, 5.74) is 3.79. The standard InChI is InChI=1S/C21H27FN4O/c1-15-13-19(22)10-9-17(15)11-12-24-21(23-2)25-14-16-5-7-18(8-6-16)20(27)26(3)4/h5-10,13H,11-12,14H2,1-4H3,(H2,23,24,25). The van der Waals surface area contributed by atoms with Crippen molar-refractivity contribution in [1.29, 1.82) is 0 Å². The van der Waals surface area contributed by atoms with Gasteiger partial charge in [0.05, 0.1) is 0 Å². The molecule has 144 valence electrons. The van der Waals surface area contributed by atoms with Gasteiger partial charge in [-0.25, -0.2) is 4.39 Å². The van der Waals surface area contributed by atoms with Crippen molar-refractivity contribution in [2.45, 2.75) is 19.9 Å². The number of carbonyl (C=O) groups is 1. The molecule has 0 heterocycles. The van der Waals surface area contributed by atoms with Crippen molar-refractivity contribution >= 4 is 11.9 Å². The molecule has 0 fully saturated rings. The highest BCUT2D eigenvalue weighted by Gasteiger charge is 2.07. The average molecular weight is 370 g/mol. The summed E-state index contributed by atoms with van der Waals surface area (Å²) in [5.74, 6) is 0.478. The fraction of sp³-hybridized carbons (Fsp3) is 0.333. The number of amides is 1. The summed E-state index contributed by atoms with van der Waals surface area (Å²) >= 11 is 0. The van der Waals surface area contributed by atoms with Gasteiger partial charge in [-0.3, -0.25) is 9.79 Å². The lowest BCUT2D eigenvalue weighted by Gasteiger charge is -2.13. The van der Waals surface area contributed by atoms with Gasteiger partial charge in [0.2, 0.25) is 0 Å². The van der Waals surface area contributed by atoms with Gasteiger partial charge in [-0.05, 0) is 54.3 Å². The van der Waals surface area contributed by atoms with Crippen LogP contribution in [0.3, 0.4) is 0 Å². The van der Waals surface area contributed by atoms with Gasteiger partial charge in [-0.15, -0.1) is 0 Å². The fourth-order valence-corrected chi connectivity index (χ4v) is 2.69. The predicted octanol–water partition coefficient (Wildman–Crippen LogP) is 2.74. The third-order valence-corrected chi connectivity index (χ3v) is 4.28. The maximum absolute atomic E-state index is 13.2. The van der Waals surface area contributed by atoms with Crippen molar-refractivity contribution in [3.63, 3.8) is 0 Å². The van der Waals surface area contributed by atoms with Gasteiger partial charge < -0.3 is 15.5 Å².